The molecule has 1 amide bonds. The quantitative estimate of drug-likeness (QED) is 0.694. The normalized spacial score (nSPS) is 18.2. The minimum Gasteiger partial charge on any atom is -0.496 e. The van der Waals surface area contributed by atoms with Crippen LogP contribution in [-0.4, -0.2) is 36.7 Å². The van der Waals surface area contributed by atoms with Crippen LogP contribution in [0.2, 0.25) is 0 Å². The molecule has 1 saturated heterocycles. The predicted molar refractivity (Wildman–Crippen MR) is 110 cm³/mol. The Morgan fingerprint density at radius 2 is 1.62 bits per heavy atom. The van der Waals surface area contributed by atoms with Crippen molar-refractivity contribution in [1.29, 1.82) is 0 Å². The molecule has 0 saturated carbocycles. The molecule has 3 rings (SSSR count). The molecule has 2 aromatic carbocycles. The van der Waals surface area contributed by atoms with Gasteiger partial charge in [-0.05, 0) is 57.5 Å². The summed E-state index contributed by atoms with van der Waals surface area (Å²) in [4.78, 5) is 14.8. The lowest BCUT2D eigenvalue weighted by Crippen LogP contribution is -2.35. The van der Waals surface area contributed by atoms with Gasteiger partial charge in [-0.2, -0.15) is 0 Å². The molecule has 0 aliphatic carbocycles. The van der Waals surface area contributed by atoms with Gasteiger partial charge in [0.25, 0.3) is 5.91 Å². The maximum absolute atomic E-state index is 13.1. The van der Waals surface area contributed by atoms with Crippen LogP contribution in [0.3, 0.4) is 0 Å². The highest BCUT2D eigenvalue weighted by Gasteiger charge is 2.48. The van der Waals surface area contributed by atoms with Gasteiger partial charge in [-0.25, -0.2) is 0 Å². The third-order valence-electron chi connectivity index (χ3n) is 4.83. The van der Waals surface area contributed by atoms with Crippen LogP contribution in [0.1, 0.15) is 45.0 Å². The molecule has 0 spiro atoms. The van der Waals surface area contributed by atoms with E-state index in [4.69, 9.17) is 18.9 Å². The first-order valence-electron chi connectivity index (χ1n) is 9.72. The molecule has 1 heterocycles. The van der Waals surface area contributed by atoms with Crippen molar-refractivity contribution in [3.05, 3.63) is 53.6 Å². The molecule has 29 heavy (non-hydrogen) atoms. The Hall–Kier alpha value is -2.73. The first kappa shape index (κ1) is 21.0. The van der Waals surface area contributed by atoms with Gasteiger partial charge in [0.15, 0.2) is 6.23 Å². The smallest absolute Gasteiger partial charge is 0.256 e. The largest absolute Gasteiger partial charge is 0.496 e. The summed E-state index contributed by atoms with van der Waals surface area (Å²) in [6, 6.07) is 13.3. The molecular formula is C23H29NO5. The lowest BCUT2D eigenvalue weighted by atomic mass is 10.1. The van der Waals surface area contributed by atoms with Crippen LogP contribution in [0.5, 0.6) is 17.2 Å². The summed E-state index contributed by atoms with van der Waals surface area (Å²) in [6.45, 7) is 7.94. The summed E-state index contributed by atoms with van der Waals surface area (Å²) in [7, 11) is 3.19. The molecule has 0 N–H and O–H groups in total. The minimum absolute atomic E-state index is 0.0852. The molecule has 0 bridgehead atoms. The third-order valence-corrected chi connectivity index (χ3v) is 4.83. The lowest BCUT2D eigenvalue weighted by molar-refractivity contribution is -0.134. The van der Waals surface area contributed by atoms with Gasteiger partial charge in [0.1, 0.15) is 22.8 Å². The molecule has 2 aromatic rings. The zero-order valence-electron chi connectivity index (χ0n) is 17.9. The highest BCUT2D eigenvalue weighted by Crippen LogP contribution is 2.45. The van der Waals surface area contributed by atoms with Crippen LogP contribution < -0.4 is 14.2 Å². The van der Waals surface area contributed by atoms with Crippen LogP contribution in [0, 0.1) is 0 Å². The number of carbonyl (C=O) groups excluding carboxylic acids is 1. The fourth-order valence-corrected chi connectivity index (χ4v) is 3.48. The van der Waals surface area contributed by atoms with Gasteiger partial charge in [-0.1, -0.05) is 18.2 Å². The molecule has 1 aliphatic heterocycles. The Kier molecular flexibility index (Phi) is 6.03. The van der Waals surface area contributed by atoms with Crippen molar-refractivity contribution in [1.82, 2.24) is 4.90 Å². The number of methoxy groups -OCH3 is 2. The first-order valence-corrected chi connectivity index (χ1v) is 9.72. The second-order valence-corrected chi connectivity index (χ2v) is 7.80. The number of rotatable bonds is 7. The molecule has 0 radical (unpaired) electrons. The fourth-order valence-electron chi connectivity index (χ4n) is 3.48. The van der Waals surface area contributed by atoms with Crippen LogP contribution >= 0.6 is 0 Å². The number of hydrogen-bond acceptors (Lipinski definition) is 5. The van der Waals surface area contributed by atoms with Gasteiger partial charge >= 0.3 is 0 Å². The van der Waals surface area contributed by atoms with E-state index in [-0.39, 0.29) is 12.0 Å². The molecule has 1 fully saturated rings. The molecule has 1 aliphatic rings. The Balaban J connectivity index is 1.95. The zero-order valence-corrected chi connectivity index (χ0v) is 17.9. The number of benzene rings is 2. The van der Waals surface area contributed by atoms with Gasteiger partial charge in [0.2, 0.25) is 0 Å². The summed E-state index contributed by atoms with van der Waals surface area (Å²) >= 11 is 0. The maximum atomic E-state index is 13.1. The van der Waals surface area contributed by atoms with Crippen LogP contribution in [0.15, 0.2) is 42.5 Å². The third kappa shape index (κ3) is 4.32. The van der Waals surface area contributed by atoms with Crippen molar-refractivity contribution in [2.75, 3.05) is 14.2 Å². The van der Waals surface area contributed by atoms with E-state index in [2.05, 4.69) is 0 Å². The van der Waals surface area contributed by atoms with Crippen LogP contribution in [0.25, 0.3) is 0 Å². The van der Waals surface area contributed by atoms with Crippen molar-refractivity contribution in [3.63, 3.8) is 0 Å². The van der Waals surface area contributed by atoms with E-state index in [1.807, 2.05) is 56.3 Å². The van der Waals surface area contributed by atoms with Gasteiger partial charge in [0, 0.05) is 6.54 Å². The van der Waals surface area contributed by atoms with E-state index in [9.17, 15) is 4.79 Å². The zero-order chi connectivity index (χ0) is 21.2. The first-order chi connectivity index (χ1) is 13.8. The van der Waals surface area contributed by atoms with Crippen molar-refractivity contribution in [2.24, 2.45) is 0 Å². The average molecular weight is 399 g/mol. The van der Waals surface area contributed by atoms with Crippen LogP contribution in [-0.2, 0) is 16.1 Å². The van der Waals surface area contributed by atoms with Gasteiger partial charge < -0.3 is 23.8 Å². The highest BCUT2D eigenvalue weighted by molar-refractivity contribution is 5.86. The Bertz CT molecular complexity index is 838. The second-order valence-electron chi connectivity index (χ2n) is 7.80. The Morgan fingerprint density at radius 1 is 1.03 bits per heavy atom. The van der Waals surface area contributed by atoms with Crippen molar-refractivity contribution in [3.8, 4) is 17.2 Å². The standard InChI is InChI=1S/C23H29NO5/c1-15(2)28-17-12-10-16(11-13-17)14-24-21(29-23(3,4)22(24)25)20-18(26-5)8-7-9-19(20)27-6/h7-13,15,21H,14H2,1-6H3. The molecule has 156 valence electrons. The average Bonchev–Trinajstić information content (AvgIpc) is 2.91. The highest BCUT2D eigenvalue weighted by atomic mass is 16.6. The Labute approximate surface area is 172 Å². The topological polar surface area (TPSA) is 57.2 Å². The Morgan fingerprint density at radius 3 is 2.14 bits per heavy atom. The van der Waals surface area contributed by atoms with Crippen molar-refractivity contribution in [2.45, 2.75) is 52.2 Å². The van der Waals surface area contributed by atoms with E-state index in [1.54, 1.807) is 33.0 Å². The predicted octanol–water partition coefficient (Wildman–Crippen LogP) is 4.33. The molecule has 6 nitrogen and oxygen atoms in total. The number of hydrogen-bond donors (Lipinski definition) is 0. The van der Waals surface area contributed by atoms with E-state index < -0.39 is 11.8 Å². The number of nitrogens with zero attached hydrogens (tertiary/aromatic N) is 1. The summed E-state index contributed by atoms with van der Waals surface area (Å²) in [6.07, 6.45) is -0.507. The van der Waals surface area contributed by atoms with Gasteiger partial charge in [0.05, 0.1) is 25.9 Å². The monoisotopic (exact) mass is 399 g/mol. The fraction of sp³-hybridized carbons (Fsp3) is 0.435. The van der Waals surface area contributed by atoms with Gasteiger partial charge in [-0.15, -0.1) is 0 Å². The summed E-state index contributed by atoms with van der Waals surface area (Å²) < 4.78 is 23.0. The SMILES string of the molecule is COc1cccc(OC)c1C1OC(C)(C)C(=O)N1Cc1ccc(OC(C)C)cc1. The molecular weight excluding hydrogens is 370 g/mol. The molecule has 0 aromatic heterocycles. The number of carbonyl (C=O) groups is 1. The molecule has 1 unspecified atom stereocenters. The van der Waals surface area contributed by atoms with E-state index in [0.717, 1.165) is 11.3 Å². The van der Waals surface area contributed by atoms with Crippen molar-refractivity contribution >= 4 is 5.91 Å². The summed E-state index contributed by atoms with van der Waals surface area (Å²) in [5, 5.41) is 0. The van der Waals surface area contributed by atoms with Crippen LogP contribution in [0.4, 0.5) is 0 Å². The van der Waals surface area contributed by atoms with Gasteiger partial charge in [-0.3, -0.25) is 4.79 Å². The maximum Gasteiger partial charge on any atom is 0.256 e. The minimum atomic E-state index is -0.947. The lowest BCUT2D eigenvalue weighted by Gasteiger charge is -2.26. The van der Waals surface area contributed by atoms with E-state index in [0.29, 0.717) is 23.6 Å². The second kappa shape index (κ2) is 8.33. The van der Waals surface area contributed by atoms with Crippen molar-refractivity contribution < 1.29 is 23.7 Å². The van der Waals surface area contributed by atoms with E-state index in [1.165, 1.54) is 0 Å². The number of amides is 1. The molecule has 1 atom stereocenters. The van der Waals surface area contributed by atoms with E-state index >= 15 is 0 Å². The number of ether oxygens (including phenoxy) is 4. The summed E-state index contributed by atoms with van der Waals surface area (Å²) in [5.41, 5.74) is 0.739. The summed E-state index contributed by atoms with van der Waals surface area (Å²) in [5.74, 6) is 1.95. The molecule has 6 heteroatoms.